The fraction of sp³-hybridized carbons (Fsp3) is 0.750. The van der Waals surface area contributed by atoms with Crippen LogP contribution in [0.2, 0.25) is 0 Å². The normalized spacial score (nSPS) is 35.4. The van der Waals surface area contributed by atoms with E-state index in [1.54, 1.807) is 0 Å². The molecule has 78 valence electrons. The van der Waals surface area contributed by atoms with Crippen LogP contribution in [0, 0.1) is 17.8 Å². The predicted molar refractivity (Wildman–Crippen MR) is 54.7 cm³/mol. The Morgan fingerprint density at radius 1 is 1.50 bits per heavy atom. The van der Waals surface area contributed by atoms with Crippen molar-refractivity contribution in [1.29, 1.82) is 0 Å². The van der Waals surface area contributed by atoms with Gasteiger partial charge in [0.05, 0.1) is 12.5 Å². The number of hydrogen-bond acceptors (Lipinski definition) is 2. The van der Waals surface area contributed by atoms with E-state index in [9.17, 15) is 4.79 Å². The highest BCUT2D eigenvalue weighted by molar-refractivity contribution is 5.77. The number of carbonyl (C=O) groups excluding carboxylic acids is 1. The van der Waals surface area contributed by atoms with E-state index in [2.05, 4.69) is 12.2 Å². The van der Waals surface area contributed by atoms with E-state index < -0.39 is 0 Å². The van der Waals surface area contributed by atoms with Crippen molar-refractivity contribution in [3.8, 4) is 0 Å². The van der Waals surface area contributed by atoms with Crippen LogP contribution >= 0.6 is 0 Å². The zero-order valence-corrected chi connectivity index (χ0v) is 8.74. The zero-order chi connectivity index (χ0) is 9.97. The molecule has 1 fully saturated rings. The molecule has 14 heavy (non-hydrogen) atoms. The highest BCUT2D eigenvalue weighted by Gasteiger charge is 2.53. The molecule has 0 N–H and O–H groups in total. The number of carbonyl (C=O) groups is 1. The average Bonchev–Trinajstić information content (AvgIpc) is 2.77. The van der Waals surface area contributed by atoms with Gasteiger partial charge in [-0.15, -0.1) is 0 Å². The molecule has 2 rings (SSSR count). The lowest BCUT2D eigenvalue weighted by Crippen LogP contribution is -2.08. The number of rotatable bonds is 2. The lowest BCUT2D eigenvalue weighted by Gasteiger charge is -2.00. The van der Waals surface area contributed by atoms with Gasteiger partial charge in [-0.25, -0.2) is 0 Å². The standard InChI is InChI=1S/C12H18O2/c1-2-14-12(13)11-9-7-5-3-4-6-8-10(9)11/h5,7,9-11H,2-4,6,8H2,1H3/t9-,10-,11-/m0/s1. The van der Waals surface area contributed by atoms with Crippen LogP contribution in [0.3, 0.4) is 0 Å². The maximum atomic E-state index is 11.5. The van der Waals surface area contributed by atoms with E-state index in [1.807, 2.05) is 6.92 Å². The third kappa shape index (κ3) is 1.84. The van der Waals surface area contributed by atoms with Crippen molar-refractivity contribution in [3.63, 3.8) is 0 Å². The van der Waals surface area contributed by atoms with Crippen LogP contribution in [0.15, 0.2) is 12.2 Å². The first kappa shape index (κ1) is 9.75. The summed E-state index contributed by atoms with van der Waals surface area (Å²) in [5.74, 6) is 1.29. The van der Waals surface area contributed by atoms with Crippen LogP contribution in [-0.2, 0) is 9.53 Å². The Kier molecular flexibility index (Phi) is 2.90. The average molecular weight is 194 g/mol. The van der Waals surface area contributed by atoms with Gasteiger partial charge >= 0.3 is 5.97 Å². The van der Waals surface area contributed by atoms with Crippen LogP contribution in [0.1, 0.15) is 32.6 Å². The van der Waals surface area contributed by atoms with Crippen LogP contribution in [0.4, 0.5) is 0 Å². The second-order valence-electron chi connectivity index (χ2n) is 4.23. The monoisotopic (exact) mass is 194 g/mol. The molecule has 3 atom stereocenters. The Balaban J connectivity index is 1.94. The minimum atomic E-state index is 0.0223. The van der Waals surface area contributed by atoms with Crippen molar-refractivity contribution in [1.82, 2.24) is 0 Å². The van der Waals surface area contributed by atoms with Crippen molar-refractivity contribution in [3.05, 3.63) is 12.2 Å². The summed E-state index contributed by atoms with van der Waals surface area (Å²) in [6, 6.07) is 0. The summed E-state index contributed by atoms with van der Waals surface area (Å²) in [5, 5.41) is 0. The molecular weight excluding hydrogens is 176 g/mol. The Labute approximate surface area is 85.3 Å². The molecule has 0 heterocycles. The van der Waals surface area contributed by atoms with E-state index in [0.717, 1.165) is 0 Å². The van der Waals surface area contributed by atoms with Gasteiger partial charge in [-0.2, -0.15) is 0 Å². The van der Waals surface area contributed by atoms with Crippen LogP contribution < -0.4 is 0 Å². The Bertz CT molecular complexity index is 245. The number of esters is 1. The van der Waals surface area contributed by atoms with Gasteiger partial charge in [-0.05, 0) is 38.0 Å². The molecule has 0 aromatic rings. The molecule has 0 aromatic carbocycles. The number of allylic oxidation sites excluding steroid dienone is 2. The molecule has 2 nitrogen and oxygen atoms in total. The number of fused-ring (bicyclic) bond motifs is 1. The summed E-state index contributed by atoms with van der Waals surface area (Å²) >= 11 is 0. The highest BCUT2D eigenvalue weighted by atomic mass is 16.5. The molecule has 2 heteroatoms. The predicted octanol–water partition coefficient (Wildman–Crippen LogP) is 2.54. The fourth-order valence-corrected chi connectivity index (χ4v) is 2.50. The molecule has 0 saturated heterocycles. The summed E-state index contributed by atoms with van der Waals surface area (Å²) in [5.41, 5.74) is 0. The fourth-order valence-electron chi connectivity index (χ4n) is 2.50. The molecule has 0 aromatic heterocycles. The maximum Gasteiger partial charge on any atom is 0.309 e. The summed E-state index contributed by atoms with van der Waals surface area (Å²) in [6.45, 7) is 2.39. The van der Waals surface area contributed by atoms with E-state index in [0.29, 0.717) is 18.4 Å². The lowest BCUT2D eigenvalue weighted by atomic mass is 10.1. The molecule has 0 radical (unpaired) electrons. The minimum absolute atomic E-state index is 0.0223. The molecule has 1 saturated carbocycles. The highest BCUT2D eigenvalue weighted by Crippen LogP contribution is 2.51. The second kappa shape index (κ2) is 4.16. The molecule has 0 bridgehead atoms. The Morgan fingerprint density at radius 3 is 3.14 bits per heavy atom. The smallest absolute Gasteiger partial charge is 0.309 e. The third-order valence-electron chi connectivity index (χ3n) is 3.30. The molecule has 2 aliphatic carbocycles. The third-order valence-corrected chi connectivity index (χ3v) is 3.30. The van der Waals surface area contributed by atoms with Gasteiger partial charge in [0, 0.05) is 0 Å². The summed E-state index contributed by atoms with van der Waals surface area (Å²) in [4.78, 5) is 11.5. The number of ether oxygens (including phenoxy) is 1. The largest absolute Gasteiger partial charge is 0.466 e. The quantitative estimate of drug-likeness (QED) is 0.499. The lowest BCUT2D eigenvalue weighted by molar-refractivity contribution is -0.145. The molecular formula is C12H18O2. The van der Waals surface area contributed by atoms with Crippen molar-refractivity contribution in [2.45, 2.75) is 32.6 Å². The van der Waals surface area contributed by atoms with Gasteiger partial charge in [0.15, 0.2) is 0 Å². The van der Waals surface area contributed by atoms with Gasteiger partial charge in [0.1, 0.15) is 0 Å². The molecule has 0 unspecified atom stereocenters. The van der Waals surface area contributed by atoms with Crippen LogP contribution in [0.25, 0.3) is 0 Å². The first-order valence-electron chi connectivity index (χ1n) is 5.68. The SMILES string of the molecule is CCOC(=O)[C@H]1[C@H]2C=CCCCC[C@@H]21. The van der Waals surface area contributed by atoms with Crippen molar-refractivity contribution in [2.75, 3.05) is 6.61 Å². The Hall–Kier alpha value is -0.790. The second-order valence-corrected chi connectivity index (χ2v) is 4.23. The van der Waals surface area contributed by atoms with Crippen molar-refractivity contribution < 1.29 is 9.53 Å². The van der Waals surface area contributed by atoms with E-state index in [4.69, 9.17) is 4.74 Å². The van der Waals surface area contributed by atoms with E-state index >= 15 is 0 Å². The molecule has 2 aliphatic rings. The van der Waals surface area contributed by atoms with Crippen molar-refractivity contribution >= 4 is 5.97 Å². The Morgan fingerprint density at radius 2 is 2.36 bits per heavy atom. The first-order valence-corrected chi connectivity index (χ1v) is 5.68. The van der Waals surface area contributed by atoms with Crippen LogP contribution in [-0.4, -0.2) is 12.6 Å². The first-order chi connectivity index (χ1) is 6.84. The van der Waals surface area contributed by atoms with E-state index in [1.165, 1.54) is 25.7 Å². The van der Waals surface area contributed by atoms with Gasteiger partial charge in [-0.3, -0.25) is 4.79 Å². The van der Waals surface area contributed by atoms with Gasteiger partial charge in [-0.1, -0.05) is 18.6 Å². The summed E-state index contributed by atoms with van der Waals surface area (Å²) < 4.78 is 5.07. The minimum Gasteiger partial charge on any atom is -0.466 e. The van der Waals surface area contributed by atoms with Crippen molar-refractivity contribution in [2.24, 2.45) is 17.8 Å². The van der Waals surface area contributed by atoms with Gasteiger partial charge < -0.3 is 4.74 Å². The number of hydrogen-bond donors (Lipinski definition) is 0. The van der Waals surface area contributed by atoms with Gasteiger partial charge in [0.25, 0.3) is 0 Å². The molecule has 0 spiro atoms. The zero-order valence-electron chi connectivity index (χ0n) is 8.74. The molecule has 0 amide bonds. The summed E-state index contributed by atoms with van der Waals surface area (Å²) in [6.07, 6.45) is 9.38. The van der Waals surface area contributed by atoms with Gasteiger partial charge in [0.2, 0.25) is 0 Å². The maximum absolute atomic E-state index is 11.5. The van der Waals surface area contributed by atoms with E-state index in [-0.39, 0.29) is 11.9 Å². The summed E-state index contributed by atoms with van der Waals surface area (Å²) in [7, 11) is 0. The topological polar surface area (TPSA) is 26.3 Å². The molecule has 0 aliphatic heterocycles. The van der Waals surface area contributed by atoms with Crippen LogP contribution in [0.5, 0.6) is 0 Å².